The summed E-state index contributed by atoms with van der Waals surface area (Å²) >= 11 is 0. The van der Waals surface area contributed by atoms with Crippen LogP contribution in [0.25, 0.3) is 0 Å². The average molecular weight is 654 g/mol. The number of rotatable bonds is 23. The molecule has 0 spiro atoms. The van der Waals surface area contributed by atoms with Crippen molar-refractivity contribution in [3.63, 3.8) is 0 Å². The Morgan fingerprint density at radius 1 is 0.583 bits per heavy atom. The smallest absolute Gasteiger partial charge is 0.243 e. The van der Waals surface area contributed by atoms with Crippen LogP contribution in [-0.2, 0) is 20.8 Å². The predicted molar refractivity (Wildman–Crippen MR) is 196 cm³/mol. The number of hydrogen-bond donors (Lipinski definition) is 3. The molecule has 0 aliphatic rings. The van der Waals surface area contributed by atoms with Gasteiger partial charge in [-0.15, -0.1) is 0 Å². The summed E-state index contributed by atoms with van der Waals surface area (Å²) in [6, 6.07) is 21.3. The minimum absolute atomic E-state index is 0.143. The van der Waals surface area contributed by atoms with Crippen molar-refractivity contribution in [2.24, 2.45) is 0 Å². The summed E-state index contributed by atoms with van der Waals surface area (Å²) in [5.41, 5.74) is 3.46. The van der Waals surface area contributed by atoms with E-state index in [2.05, 4.69) is 22.9 Å². The van der Waals surface area contributed by atoms with E-state index < -0.39 is 5.91 Å². The van der Waals surface area contributed by atoms with Crippen molar-refractivity contribution in [2.45, 2.75) is 117 Å². The van der Waals surface area contributed by atoms with E-state index in [4.69, 9.17) is 0 Å². The van der Waals surface area contributed by atoms with Crippen molar-refractivity contribution in [1.82, 2.24) is 5.32 Å². The number of benzene rings is 3. The third kappa shape index (κ3) is 15.1. The van der Waals surface area contributed by atoms with Crippen LogP contribution in [0.5, 0.6) is 0 Å². The first kappa shape index (κ1) is 38.2. The minimum Gasteiger partial charge on any atom is -0.347 e. The molecule has 0 aliphatic carbocycles. The molecule has 0 unspecified atom stereocenters. The van der Waals surface area contributed by atoms with Crippen molar-refractivity contribution in [1.29, 1.82) is 0 Å². The van der Waals surface area contributed by atoms with Gasteiger partial charge in [-0.1, -0.05) is 151 Å². The van der Waals surface area contributed by atoms with Gasteiger partial charge in [-0.25, -0.2) is 0 Å². The quantitative estimate of drug-likeness (QED) is 0.0701. The third-order valence-electron chi connectivity index (χ3n) is 8.55. The molecule has 3 N–H and O–H groups in total. The molecule has 0 heterocycles. The van der Waals surface area contributed by atoms with E-state index in [1.807, 2.05) is 37.3 Å². The standard InChI is InChI=1S/C41H55N3O4/c1-3-4-5-6-7-8-9-10-11-12-13-14-15-19-22-38(45)42-31-40(47)43-35-27-28-37(36(30-35)41(48)34-20-17-16-18-21-34)44-39(46)29-33-25-23-32(2)24-26-33/h16-18,20-21,23-28,30H,3-15,19,22,29,31H2,1-2H3,(H,42,45)(H,43,47)(H,44,46). The van der Waals surface area contributed by atoms with Gasteiger partial charge in [0.1, 0.15) is 0 Å². The van der Waals surface area contributed by atoms with Gasteiger partial charge < -0.3 is 16.0 Å². The van der Waals surface area contributed by atoms with Gasteiger partial charge in [0.05, 0.1) is 18.7 Å². The average Bonchev–Trinajstić information content (AvgIpc) is 3.09. The molecule has 0 fully saturated rings. The maximum absolute atomic E-state index is 13.5. The van der Waals surface area contributed by atoms with Gasteiger partial charge in [0, 0.05) is 23.2 Å². The molecule has 0 saturated carbocycles. The second-order valence-corrected chi connectivity index (χ2v) is 12.8. The highest BCUT2D eigenvalue weighted by atomic mass is 16.2. The summed E-state index contributed by atoms with van der Waals surface area (Å²) < 4.78 is 0. The normalized spacial score (nSPS) is 10.8. The van der Waals surface area contributed by atoms with Gasteiger partial charge in [0.15, 0.2) is 5.78 Å². The van der Waals surface area contributed by atoms with E-state index in [1.165, 1.54) is 70.6 Å². The molecule has 3 amide bonds. The van der Waals surface area contributed by atoms with Gasteiger partial charge in [-0.3, -0.25) is 19.2 Å². The first-order valence-electron chi connectivity index (χ1n) is 18.0. The molecular weight excluding hydrogens is 598 g/mol. The number of amides is 3. The number of aryl methyl sites for hydroxylation is 1. The fraction of sp³-hybridized carbons (Fsp3) is 0.463. The molecule has 3 rings (SSSR count). The summed E-state index contributed by atoms with van der Waals surface area (Å²) in [6.07, 6.45) is 18.2. The maximum Gasteiger partial charge on any atom is 0.243 e. The van der Waals surface area contributed by atoms with Crippen LogP contribution in [0.15, 0.2) is 72.8 Å². The first-order chi connectivity index (χ1) is 23.4. The van der Waals surface area contributed by atoms with E-state index in [0.29, 0.717) is 23.4 Å². The fourth-order valence-corrected chi connectivity index (χ4v) is 5.70. The number of ketones is 1. The Morgan fingerprint density at radius 3 is 1.77 bits per heavy atom. The number of carbonyl (C=O) groups excluding carboxylic acids is 4. The lowest BCUT2D eigenvalue weighted by atomic mass is 10.0. The fourth-order valence-electron chi connectivity index (χ4n) is 5.70. The Bertz CT molecular complexity index is 1420. The Morgan fingerprint density at radius 2 is 1.17 bits per heavy atom. The first-order valence-corrected chi connectivity index (χ1v) is 18.0. The van der Waals surface area contributed by atoms with Crippen molar-refractivity contribution in [3.8, 4) is 0 Å². The zero-order chi connectivity index (χ0) is 34.4. The van der Waals surface area contributed by atoms with Crippen LogP contribution in [0, 0.1) is 6.92 Å². The van der Waals surface area contributed by atoms with Crippen molar-refractivity contribution in [2.75, 3.05) is 17.2 Å². The maximum atomic E-state index is 13.5. The van der Waals surface area contributed by atoms with Crippen molar-refractivity contribution >= 4 is 34.9 Å². The molecule has 258 valence electrons. The highest BCUT2D eigenvalue weighted by Crippen LogP contribution is 2.24. The number of nitrogens with one attached hydrogen (secondary N) is 3. The molecule has 0 radical (unpaired) electrons. The van der Waals surface area contributed by atoms with E-state index in [9.17, 15) is 19.2 Å². The van der Waals surface area contributed by atoms with Crippen LogP contribution in [0.3, 0.4) is 0 Å². The largest absolute Gasteiger partial charge is 0.347 e. The molecule has 0 bridgehead atoms. The molecule has 0 atom stereocenters. The Balaban J connectivity index is 1.39. The molecule has 48 heavy (non-hydrogen) atoms. The van der Waals surface area contributed by atoms with E-state index in [-0.39, 0.29) is 36.1 Å². The lowest BCUT2D eigenvalue weighted by Crippen LogP contribution is -2.32. The molecule has 7 heteroatoms. The molecule has 0 aromatic heterocycles. The predicted octanol–water partition coefficient (Wildman–Crippen LogP) is 9.33. The van der Waals surface area contributed by atoms with Crippen LogP contribution in [-0.4, -0.2) is 30.0 Å². The Hall–Kier alpha value is -4.26. The third-order valence-corrected chi connectivity index (χ3v) is 8.55. The van der Waals surface area contributed by atoms with Crippen LogP contribution in [0.1, 0.15) is 130 Å². The highest BCUT2D eigenvalue weighted by Gasteiger charge is 2.17. The number of carbonyl (C=O) groups is 4. The molecule has 3 aromatic carbocycles. The van der Waals surface area contributed by atoms with Crippen LogP contribution >= 0.6 is 0 Å². The SMILES string of the molecule is CCCCCCCCCCCCCCCCC(=O)NCC(=O)Nc1ccc(NC(=O)Cc2ccc(C)cc2)c(C(=O)c2ccccc2)c1. The van der Waals surface area contributed by atoms with Crippen molar-refractivity contribution < 1.29 is 19.2 Å². The van der Waals surface area contributed by atoms with Crippen molar-refractivity contribution in [3.05, 3.63) is 95.1 Å². The lowest BCUT2D eigenvalue weighted by Gasteiger charge is -2.14. The highest BCUT2D eigenvalue weighted by molar-refractivity contribution is 6.14. The summed E-state index contributed by atoms with van der Waals surface area (Å²) in [5, 5.41) is 8.34. The molecule has 0 aliphatic heterocycles. The van der Waals surface area contributed by atoms with Gasteiger partial charge in [-0.2, -0.15) is 0 Å². The van der Waals surface area contributed by atoms with Gasteiger partial charge >= 0.3 is 0 Å². The summed E-state index contributed by atoms with van der Waals surface area (Å²) in [5.74, 6) is -1.06. The second kappa shape index (κ2) is 22.3. The molecule has 7 nitrogen and oxygen atoms in total. The topological polar surface area (TPSA) is 104 Å². The number of hydrogen-bond acceptors (Lipinski definition) is 4. The minimum atomic E-state index is -0.390. The van der Waals surface area contributed by atoms with Crippen LogP contribution in [0.4, 0.5) is 11.4 Å². The summed E-state index contributed by atoms with van der Waals surface area (Å²) in [6.45, 7) is 4.09. The molecular formula is C41H55N3O4. The molecule has 0 saturated heterocycles. The zero-order valence-corrected chi connectivity index (χ0v) is 29.1. The lowest BCUT2D eigenvalue weighted by molar-refractivity contribution is -0.124. The Labute approximate surface area is 287 Å². The number of unbranched alkanes of at least 4 members (excludes halogenated alkanes) is 13. The van der Waals surface area contributed by atoms with Gasteiger partial charge in [0.25, 0.3) is 0 Å². The van der Waals surface area contributed by atoms with E-state index in [1.54, 1.807) is 42.5 Å². The second-order valence-electron chi connectivity index (χ2n) is 12.8. The van der Waals surface area contributed by atoms with E-state index in [0.717, 1.165) is 30.4 Å². The van der Waals surface area contributed by atoms with Crippen LogP contribution < -0.4 is 16.0 Å². The monoisotopic (exact) mass is 653 g/mol. The van der Waals surface area contributed by atoms with Gasteiger partial charge in [-0.05, 0) is 37.1 Å². The molecule has 3 aromatic rings. The number of anilines is 2. The Kier molecular flexibility index (Phi) is 17.8. The van der Waals surface area contributed by atoms with Gasteiger partial charge in [0.2, 0.25) is 17.7 Å². The summed E-state index contributed by atoms with van der Waals surface area (Å²) in [4.78, 5) is 51.3. The van der Waals surface area contributed by atoms with E-state index >= 15 is 0 Å². The van der Waals surface area contributed by atoms with Crippen LogP contribution in [0.2, 0.25) is 0 Å². The zero-order valence-electron chi connectivity index (χ0n) is 29.1. The summed E-state index contributed by atoms with van der Waals surface area (Å²) in [7, 11) is 0.